The number of imidazole rings is 1. The van der Waals surface area contributed by atoms with E-state index in [0.717, 1.165) is 17.2 Å². The standard InChI is InChI=1S/C15H17N3O/c1-11(2)15(19)16-9-14-17-12(3)10-18(14)13-7-5-4-6-8-13/h4-8,10H,1,9H2,2-3H3,(H,16,19). The number of hydrogen-bond donors (Lipinski definition) is 1. The molecular weight excluding hydrogens is 238 g/mol. The van der Waals surface area contributed by atoms with Crippen LogP contribution in [0.25, 0.3) is 5.69 Å². The van der Waals surface area contributed by atoms with Crippen LogP contribution in [0.1, 0.15) is 18.4 Å². The number of para-hydroxylation sites is 1. The van der Waals surface area contributed by atoms with E-state index in [1.807, 2.05) is 48.0 Å². The minimum absolute atomic E-state index is 0.153. The summed E-state index contributed by atoms with van der Waals surface area (Å²) in [5, 5.41) is 2.80. The Bertz CT molecular complexity index is 599. The van der Waals surface area contributed by atoms with Gasteiger partial charge in [-0.25, -0.2) is 4.98 Å². The summed E-state index contributed by atoms with van der Waals surface area (Å²) in [5.74, 6) is 0.651. The van der Waals surface area contributed by atoms with Crippen molar-refractivity contribution in [2.45, 2.75) is 20.4 Å². The molecular formula is C15H17N3O. The number of carbonyl (C=O) groups is 1. The van der Waals surface area contributed by atoms with Crippen LogP contribution in [-0.2, 0) is 11.3 Å². The van der Waals surface area contributed by atoms with Crippen LogP contribution >= 0.6 is 0 Å². The van der Waals surface area contributed by atoms with Crippen molar-refractivity contribution in [3.63, 3.8) is 0 Å². The fraction of sp³-hybridized carbons (Fsp3) is 0.200. The lowest BCUT2D eigenvalue weighted by atomic mass is 10.3. The van der Waals surface area contributed by atoms with Gasteiger partial charge < -0.3 is 9.88 Å². The molecule has 0 fully saturated rings. The normalized spacial score (nSPS) is 10.2. The molecule has 0 bridgehead atoms. The molecule has 0 aliphatic carbocycles. The summed E-state index contributed by atoms with van der Waals surface area (Å²) in [4.78, 5) is 16.0. The molecule has 1 N–H and O–H groups in total. The summed E-state index contributed by atoms with van der Waals surface area (Å²) in [6.45, 7) is 7.62. The van der Waals surface area contributed by atoms with Crippen LogP contribution in [0.15, 0.2) is 48.7 Å². The molecule has 98 valence electrons. The molecule has 0 unspecified atom stereocenters. The van der Waals surface area contributed by atoms with Crippen molar-refractivity contribution in [3.05, 3.63) is 60.2 Å². The van der Waals surface area contributed by atoms with E-state index in [9.17, 15) is 4.79 Å². The highest BCUT2D eigenvalue weighted by Crippen LogP contribution is 2.12. The number of aryl methyl sites for hydroxylation is 1. The average molecular weight is 255 g/mol. The molecule has 1 heterocycles. The van der Waals surface area contributed by atoms with Gasteiger partial charge in [0, 0.05) is 17.5 Å². The van der Waals surface area contributed by atoms with Crippen LogP contribution in [0.2, 0.25) is 0 Å². The zero-order chi connectivity index (χ0) is 13.8. The average Bonchev–Trinajstić information content (AvgIpc) is 2.78. The third kappa shape index (κ3) is 3.10. The monoisotopic (exact) mass is 255 g/mol. The first-order chi connectivity index (χ1) is 9.08. The summed E-state index contributed by atoms with van der Waals surface area (Å²) in [7, 11) is 0. The fourth-order valence-electron chi connectivity index (χ4n) is 1.79. The number of nitrogens with one attached hydrogen (secondary N) is 1. The van der Waals surface area contributed by atoms with E-state index >= 15 is 0 Å². The van der Waals surface area contributed by atoms with E-state index in [-0.39, 0.29) is 5.91 Å². The molecule has 0 saturated heterocycles. The Morgan fingerprint density at radius 2 is 2.05 bits per heavy atom. The van der Waals surface area contributed by atoms with Crippen molar-refractivity contribution in [2.24, 2.45) is 0 Å². The minimum Gasteiger partial charge on any atom is -0.345 e. The highest BCUT2D eigenvalue weighted by molar-refractivity contribution is 5.91. The van der Waals surface area contributed by atoms with Gasteiger partial charge in [0.05, 0.1) is 12.2 Å². The Balaban J connectivity index is 2.22. The zero-order valence-electron chi connectivity index (χ0n) is 11.2. The van der Waals surface area contributed by atoms with Crippen molar-refractivity contribution < 1.29 is 4.79 Å². The van der Waals surface area contributed by atoms with Crippen LogP contribution in [0, 0.1) is 6.92 Å². The lowest BCUT2D eigenvalue weighted by molar-refractivity contribution is -0.117. The second kappa shape index (κ2) is 5.52. The van der Waals surface area contributed by atoms with E-state index in [2.05, 4.69) is 16.9 Å². The first-order valence-corrected chi connectivity index (χ1v) is 6.12. The van der Waals surface area contributed by atoms with Crippen LogP contribution < -0.4 is 5.32 Å². The van der Waals surface area contributed by atoms with Gasteiger partial charge in [0.15, 0.2) is 0 Å². The van der Waals surface area contributed by atoms with Crippen LogP contribution in [-0.4, -0.2) is 15.5 Å². The number of rotatable bonds is 4. The number of hydrogen-bond acceptors (Lipinski definition) is 2. The van der Waals surface area contributed by atoms with Crippen molar-refractivity contribution in [2.75, 3.05) is 0 Å². The Morgan fingerprint density at radius 3 is 2.68 bits per heavy atom. The van der Waals surface area contributed by atoms with Crippen LogP contribution in [0.4, 0.5) is 0 Å². The van der Waals surface area contributed by atoms with Gasteiger partial charge in [-0.3, -0.25) is 4.79 Å². The molecule has 0 aliphatic rings. The van der Waals surface area contributed by atoms with E-state index in [4.69, 9.17) is 0 Å². The highest BCUT2D eigenvalue weighted by atomic mass is 16.1. The Morgan fingerprint density at radius 1 is 1.37 bits per heavy atom. The second-order valence-electron chi connectivity index (χ2n) is 4.47. The molecule has 0 spiro atoms. The molecule has 4 heteroatoms. The largest absolute Gasteiger partial charge is 0.345 e. The molecule has 19 heavy (non-hydrogen) atoms. The Labute approximate surface area is 112 Å². The number of amides is 1. The molecule has 0 atom stereocenters. The molecule has 1 aromatic carbocycles. The van der Waals surface area contributed by atoms with Gasteiger partial charge >= 0.3 is 0 Å². The van der Waals surface area contributed by atoms with Crippen molar-refractivity contribution >= 4 is 5.91 Å². The van der Waals surface area contributed by atoms with Gasteiger partial charge in [-0.2, -0.15) is 0 Å². The first kappa shape index (κ1) is 13.1. The summed E-state index contributed by atoms with van der Waals surface area (Å²) < 4.78 is 1.98. The summed E-state index contributed by atoms with van der Waals surface area (Å²) in [6, 6.07) is 9.92. The van der Waals surface area contributed by atoms with Crippen molar-refractivity contribution in [3.8, 4) is 5.69 Å². The molecule has 0 saturated carbocycles. The SMILES string of the molecule is C=C(C)C(=O)NCc1nc(C)cn1-c1ccccc1. The van der Waals surface area contributed by atoms with Crippen LogP contribution in [0.3, 0.4) is 0 Å². The lowest BCUT2D eigenvalue weighted by Gasteiger charge is -2.08. The van der Waals surface area contributed by atoms with E-state index in [0.29, 0.717) is 12.1 Å². The van der Waals surface area contributed by atoms with Gasteiger partial charge in [-0.1, -0.05) is 24.8 Å². The highest BCUT2D eigenvalue weighted by Gasteiger charge is 2.09. The van der Waals surface area contributed by atoms with E-state index in [1.165, 1.54) is 0 Å². The quantitative estimate of drug-likeness (QED) is 0.853. The molecule has 0 radical (unpaired) electrons. The number of benzene rings is 1. The van der Waals surface area contributed by atoms with E-state index < -0.39 is 0 Å². The van der Waals surface area contributed by atoms with Gasteiger partial charge in [0.25, 0.3) is 0 Å². The van der Waals surface area contributed by atoms with Gasteiger partial charge in [-0.05, 0) is 26.0 Å². The topological polar surface area (TPSA) is 46.9 Å². The lowest BCUT2D eigenvalue weighted by Crippen LogP contribution is -2.24. The van der Waals surface area contributed by atoms with E-state index in [1.54, 1.807) is 6.92 Å². The number of carbonyl (C=O) groups excluding carboxylic acids is 1. The maximum atomic E-state index is 11.5. The molecule has 1 aromatic heterocycles. The summed E-state index contributed by atoms with van der Waals surface area (Å²) in [6.07, 6.45) is 1.96. The Hall–Kier alpha value is -2.36. The maximum absolute atomic E-state index is 11.5. The van der Waals surface area contributed by atoms with Gasteiger partial charge in [0.2, 0.25) is 5.91 Å². The molecule has 0 aliphatic heterocycles. The molecule has 1 amide bonds. The van der Waals surface area contributed by atoms with Crippen LogP contribution in [0.5, 0.6) is 0 Å². The predicted molar refractivity (Wildman–Crippen MR) is 75.0 cm³/mol. The molecule has 2 rings (SSSR count). The summed E-state index contributed by atoms with van der Waals surface area (Å²) >= 11 is 0. The number of aromatic nitrogens is 2. The fourth-order valence-corrected chi connectivity index (χ4v) is 1.79. The molecule has 4 nitrogen and oxygen atoms in total. The maximum Gasteiger partial charge on any atom is 0.246 e. The summed E-state index contributed by atoms with van der Waals surface area (Å²) in [5.41, 5.74) is 2.45. The van der Waals surface area contributed by atoms with Crippen molar-refractivity contribution in [1.29, 1.82) is 0 Å². The van der Waals surface area contributed by atoms with Crippen molar-refractivity contribution in [1.82, 2.24) is 14.9 Å². The third-order valence-electron chi connectivity index (χ3n) is 2.73. The smallest absolute Gasteiger partial charge is 0.246 e. The second-order valence-corrected chi connectivity index (χ2v) is 4.47. The van der Waals surface area contributed by atoms with Gasteiger partial charge in [-0.15, -0.1) is 0 Å². The predicted octanol–water partition coefficient (Wildman–Crippen LogP) is 2.37. The molecule has 2 aromatic rings. The minimum atomic E-state index is -0.153. The number of nitrogens with zero attached hydrogens (tertiary/aromatic N) is 2. The first-order valence-electron chi connectivity index (χ1n) is 6.12. The van der Waals surface area contributed by atoms with Gasteiger partial charge in [0.1, 0.15) is 5.82 Å². The zero-order valence-corrected chi connectivity index (χ0v) is 11.2. The third-order valence-corrected chi connectivity index (χ3v) is 2.73. The Kier molecular flexibility index (Phi) is 3.80.